The first-order valence-electron chi connectivity index (χ1n) is 5.33. The summed E-state index contributed by atoms with van der Waals surface area (Å²) in [4.78, 5) is 25.2. The van der Waals surface area contributed by atoms with Crippen LogP contribution in [0.2, 0.25) is 0 Å². The van der Waals surface area contributed by atoms with Gasteiger partial charge in [0.15, 0.2) is 5.85 Å². The van der Waals surface area contributed by atoms with E-state index >= 15 is 0 Å². The lowest BCUT2D eigenvalue weighted by Crippen LogP contribution is -2.38. The van der Waals surface area contributed by atoms with Gasteiger partial charge in [-0.3, -0.25) is 4.57 Å². The van der Waals surface area contributed by atoms with Crippen molar-refractivity contribution in [3.05, 3.63) is 24.3 Å². The summed E-state index contributed by atoms with van der Waals surface area (Å²) in [5.74, 6) is -2.22. The number of nitrogens with zero attached hydrogens (tertiary/aromatic N) is 2. The number of hydrogen-bond acceptors (Lipinski definition) is 7. The molecule has 0 saturated carbocycles. The number of rotatable bonds is 3. The summed E-state index contributed by atoms with van der Waals surface area (Å²) in [6, 6.07) is 1.42. The molecule has 1 unspecified atom stereocenters. The average Bonchev–Trinajstić information content (AvgIpc) is 2.66. The van der Waals surface area contributed by atoms with Gasteiger partial charge in [-0.2, -0.15) is 0 Å². The van der Waals surface area contributed by atoms with Gasteiger partial charge in [-0.15, -0.1) is 0 Å². The molecule has 0 radical (unpaired) electrons. The number of ether oxygens (including phenoxy) is 1. The molecule has 1 aliphatic rings. The molecule has 0 aromatic carbocycles. The Hall–Kier alpha value is -0.930. The third-order valence-corrected chi connectivity index (χ3v) is 3.82. The van der Waals surface area contributed by atoms with Crippen LogP contribution in [-0.4, -0.2) is 59.2 Å². The third-order valence-electron chi connectivity index (χ3n) is 2.84. The van der Waals surface area contributed by atoms with E-state index in [2.05, 4.69) is 9.97 Å². The number of aliphatic hydroxyl groups is 3. The van der Waals surface area contributed by atoms with E-state index in [1.54, 1.807) is 0 Å². The molecule has 1 fully saturated rings. The lowest BCUT2D eigenvalue weighted by molar-refractivity contribution is -0.0456. The van der Waals surface area contributed by atoms with Crippen LogP contribution in [0.15, 0.2) is 18.6 Å². The van der Waals surface area contributed by atoms with Gasteiger partial charge in [-0.05, 0) is 6.07 Å². The Balaban J connectivity index is 2.22. The zero-order valence-electron chi connectivity index (χ0n) is 9.51. The molecular formula is C9H13N2O7P. The summed E-state index contributed by atoms with van der Waals surface area (Å²) in [6.07, 6.45) is -3.20. The van der Waals surface area contributed by atoms with E-state index in [9.17, 15) is 19.9 Å². The van der Waals surface area contributed by atoms with Crippen LogP contribution < -0.4 is 0 Å². The molecule has 0 aliphatic carbocycles. The van der Waals surface area contributed by atoms with Gasteiger partial charge in [0, 0.05) is 6.20 Å². The van der Waals surface area contributed by atoms with Crippen LogP contribution in [0, 0.1) is 0 Å². The van der Waals surface area contributed by atoms with Crippen molar-refractivity contribution in [1.82, 2.24) is 9.97 Å². The SMILES string of the molecule is O=P(O)(O)C(O)[C@H]1O[C@@H](c2ccncn2)[C@H](O)[C@@H]1O. The summed E-state index contributed by atoms with van der Waals surface area (Å²) in [5.41, 5.74) is 0.238. The van der Waals surface area contributed by atoms with E-state index in [-0.39, 0.29) is 5.69 Å². The molecule has 1 aliphatic heterocycles. The highest BCUT2D eigenvalue weighted by Crippen LogP contribution is 2.46. The van der Waals surface area contributed by atoms with Crippen LogP contribution in [0.3, 0.4) is 0 Å². The highest BCUT2D eigenvalue weighted by Gasteiger charge is 2.51. The molecule has 1 aromatic heterocycles. The predicted molar refractivity (Wildman–Crippen MR) is 59.7 cm³/mol. The third kappa shape index (κ3) is 2.82. The van der Waals surface area contributed by atoms with Gasteiger partial charge in [0.1, 0.15) is 30.7 Å². The van der Waals surface area contributed by atoms with Gasteiger partial charge in [0.25, 0.3) is 0 Å². The first-order chi connectivity index (χ1) is 8.82. The molecule has 0 bridgehead atoms. The van der Waals surface area contributed by atoms with Crippen molar-refractivity contribution in [2.75, 3.05) is 0 Å². The normalized spacial score (nSPS) is 33.3. The molecule has 1 aromatic rings. The van der Waals surface area contributed by atoms with Crippen molar-refractivity contribution in [2.45, 2.75) is 30.3 Å². The second kappa shape index (κ2) is 5.22. The zero-order chi connectivity index (χ0) is 14.2. The second-order valence-electron chi connectivity index (χ2n) is 4.14. The maximum atomic E-state index is 11.0. The van der Waals surface area contributed by atoms with Crippen LogP contribution in [-0.2, 0) is 9.30 Å². The minimum Gasteiger partial charge on any atom is -0.387 e. The summed E-state index contributed by atoms with van der Waals surface area (Å²) in [7, 11) is -4.86. The number of aromatic nitrogens is 2. The number of aliphatic hydroxyl groups excluding tert-OH is 3. The molecular weight excluding hydrogens is 279 g/mol. The van der Waals surface area contributed by atoms with Crippen LogP contribution in [0.4, 0.5) is 0 Å². The van der Waals surface area contributed by atoms with E-state index in [0.717, 1.165) is 0 Å². The Labute approximate surface area is 107 Å². The molecule has 19 heavy (non-hydrogen) atoms. The highest BCUT2D eigenvalue weighted by atomic mass is 31.2. The van der Waals surface area contributed by atoms with Gasteiger partial charge in [0.2, 0.25) is 0 Å². The van der Waals surface area contributed by atoms with Crippen LogP contribution >= 0.6 is 7.60 Å². The van der Waals surface area contributed by atoms with Gasteiger partial charge in [0.05, 0.1) is 5.69 Å². The first kappa shape index (κ1) is 14.5. The van der Waals surface area contributed by atoms with E-state index in [1.807, 2.05) is 0 Å². The van der Waals surface area contributed by atoms with Crippen molar-refractivity contribution in [1.29, 1.82) is 0 Å². The van der Waals surface area contributed by atoms with Gasteiger partial charge in [-0.1, -0.05) is 0 Å². The minimum absolute atomic E-state index is 0.238. The van der Waals surface area contributed by atoms with Crippen molar-refractivity contribution in [2.24, 2.45) is 0 Å². The smallest absolute Gasteiger partial charge is 0.356 e. The fourth-order valence-corrected chi connectivity index (χ4v) is 2.49. The quantitative estimate of drug-likeness (QED) is 0.403. The molecule has 0 spiro atoms. The minimum atomic E-state index is -4.86. The van der Waals surface area contributed by atoms with Crippen molar-refractivity contribution < 1.29 is 34.4 Å². The molecule has 2 heterocycles. The Morgan fingerprint density at radius 1 is 1.32 bits per heavy atom. The fraction of sp³-hybridized carbons (Fsp3) is 0.556. The maximum Gasteiger partial charge on any atom is 0.356 e. The lowest BCUT2D eigenvalue weighted by atomic mass is 10.1. The standard InChI is InChI=1S/C9H13N2O7P/c12-5-6(13)8(9(14)19(15,16)17)18-7(5)4-1-2-10-3-11-4/h1-3,5-9,12-14H,(H2,15,16,17)/t5-,6+,7+,8+,9?/m1/s1. The fourth-order valence-electron chi connectivity index (χ4n) is 1.86. The van der Waals surface area contributed by atoms with Gasteiger partial charge in [-0.25, -0.2) is 9.97 Å². The summed E-state index contributed by atoms with van der Waals surface area (Å²) < 4.78 is 16.1. The van der Waals surface area contributed by atoms with Crippen LogP contribution in [0.25, 0.3) is 0 Å². The van der Waals surface area contributed by atoms with E-state index in [1.165, 1.54) is 18.6 Å². The van der Waals surface area contributed by atoms with E-state index in [4.69, 9.17) is 14.5 Å². The molecule has 5 N–H and O–H groups in total. The molecule has 10 heteroatoms. The molecule has 0 amide bonds. The molecule has 5 atom stereocenters. The summed E-state index contributed by atoms with van der Waals surface area (Å²) in [5, 5.41) is 28.9. The molecule has 1 saturated heterocycles. The molecule has 2 rings (SSSR count). The zero-order valence-corrected chi connectivity index (χ0v) is 10.4. The Kier molecular flexibility index (Phi) is 3.98. The largest absolute Gasteiger partial charge is 0.387 e. The van der Waals surface area contributed by atoms with Crippen LogP contribution in [0.5, 0.6) is 0 Å². The van der Waals surface area contributed by atoms with Crippen LogP contribution in [0.1, 0.15) is 11.8 Å². The van der Waals surface area contributed by atoms with Crippen molar-refractivity contribution in [3.63, 3.8) is 0 Å². The van der Waals surface area contributed by atoms with E-state index in [0.29, 0.717) is 0 Å². The Morgan fingerprint density at radius 3 is 2.53 bits per heavy atom. The topological polar surface area (TPSA) is 153 Å². The number of hydrogen-bond donors (Lipinski definition) is 5. The Bertz CT molecular complexity index is 481. The Morgan fingerprint density at radius 2 is 2.00 bits per heavy atom. The molecule has 9 nitrogen and oxygen atoms in total. The molecule has 106 valence electrons. The average molecular weight is 292 g/mol. The lowest BCUT2D eigenvalue weighted by Gasteiger charge is -2.21. The monoisotopic (exact) mass is 292 g/mol. The highest BCUT2D eigenvalue weighted by molar-refractivity contribution is 7.52. The maximum absolute atomic E-state index is 11.0. The second-order valence-corrected chi connectivity index (χ2v) is 5.85. The van der Waals surface area contributed by atoms with E-state index < -0.39 is 37.9 Å². The summed E-state index contributed by atoms with van der Waals surface area (Å²) in [6.45, 7) is 0. The predicted octanol–water partition coefficient (Wildman–Crippen LogP) is -1.87. The van der Waals surface area contributed by atoms with Gasteiger partial charge < -0.3 is 29.8 Å². The summed E-state index contributed by atoms with van der Waals surface area (Å²) >= 11 is 0. The van der Waals surface area contributed by atoms with Gasteiger partial charge >= 0.3 is 7.60 Å². The van der Waals surface area contributed by atoms with Crippen molar-refractivity contribution >= 4 is 7.60 Å². The van der Waals surface area contributed by atoms with Crippen molar-refractivity contribution in [3.8, 4) is 0 Å². The first-order valence-corrected chi connectivity index (χ1v) is 7.01.